The summed E-state index contributed by atoms with van der Waals surface area (Å²) in [4.78, 5) is 4.69. The van der Waals surface area contributed by atoms with Gasteiger partial charge >= 0.3 is 0 Å². The number of fused-ring (bicyclic) bond motifs is 3. The van der Waals surface area contributed by atoms with Crippen LogP contribution in [-0.4, -0.2) is 23.8 Å². The van der Waals surface area contributed by atoms with Crippen LogP contribution in [0.25, 0.3) is 11.3 Å². The summed E-state index contributed by atoms with van der Waals surface area (Å²) in [7, 11) is 3.34. The Morgan fingerprint density at radius 2 is 1.74 bits per heavy atom. The Balaban J connectivity index is 1.71. The average Bonchev–Trinajstić information content (AvgIpc) is 3.10. The van der Waals surface area contributed by atoms with Gasteiger partial charge in [0.15, 0.2) is 11.5 Å². The van der Waals surface area contributed by atoms with Crippen molar-refractivity contribution in [1.82, 2.24) is 9.55 Å². The fraction of sp³-hybridized carbons (Fsp3) is 0.318. The SMILES string of the molecule is COc1cc2c(cc1OC)-c1cnc(NC(C)(C)c3ccccc3)n1CC2. The molecule has 3 aromatic rings. The van der Waals surface area contributed by atoms with Gasteiger partial charge in [-0.1, -0.05) is 30.3 Å². The molecule has 0 aliphatic carbocycles. The lowest BCUT2D eigenvalue weighted by atomic mass is 9.94. The molecule has 0 radical (unpaired) electrons. The van der Waals surface area contributed by atoms with Gasteiger partial charge in [-0.3, -0.25) is 0 Å². The molecule has 140 valence electrons. The van der Waals surface area contributed by atoms with E-state index in [0.717, 1.165) is 41.7 Å². The van der Waals surface area contributed by atoms with Crippen LogP contribution in [0.15, 0.2) is 48.7 Å². The number of nitrogens with zero attached hydrogens (tertiary/aromatic N) is 2. The summed E-state index contributed by atoms with van der Waals surface area (Å²) < 4.78 is 13.2. The maximum atomic E-state index is 5.49. The fourth-order valence-electron chi connectivity index (χ4n) is 3.72. The number of nitrogens with one attached hydrogen (secondary N) is 1. The smallest absolute Gasteiger partial charge is 0.203 e. The van der Waals surface area contributed by atoms with Gasteiger partial charge in [-0.15, -0.1) is 0 Å². The van der Waals surface area contributed by atoms with E-state index in [9.17, 15) is 0 Å². The molecule has 5 nitrogen and oxygen atoms in total. The number of aromatic nitrogens is 2. The Kier molecular flexibility index (Phi) is 4.30. The van der Waals surface area contributed by atoms with Crippen LogP contribution in [0, 0.1) is 0 Å². The van der Waals surface area contributed by atoms with Crippen molar-refractivity contribution in [1.29, 1.82) is 0 Å². The summed E-state index contributed by atoms with van der Waals surface area (Å²) in [6.45, 7) is 5.23. The molecule has 1 aliphatic heterocycles. The van der Waals surface area contributed by atoms with E-state index in [-0.39, 0.29) is 5.54 Å². The predicted octanol–water partition coefficient (Wildman–Crippen LogP) is 4.47. The first-order valence-electron chi connectivity index (χ1n) is 9.18. The third-order valence-corrected chi connectivity index (χ3v) is 5.27. The van der Waals surface area contributed by atoms with E-state index in [1.165, 1.54) is 11.1 Å². The van der Waals surface area contributed by atoms with Crippen molar-refractivity contribution in [3.8, 4) is 22.8 Å². The van der Waals surface area contributed by atoms with E-state index < -0.39 is 0 Å². The Morgan fingerprint density at radius 3 is 2.44 bits per heavy atom. The van der Waals surface area contributed by atoms with Crippen molar-refractivity contribution in [2.75, 3.05) is 19.5 Å². The highest BCUT2D eigenvalue weighted by Gasteiger charge is 2.26. The molecular weight excluding hydrogens is 338 g/mol. The lowest BCUT2D eigenvalue weighted by Crippen LogP contribution is -2.30. The summed E-state index contributed by atoms with van der Waals surface area (Å²) in [6.07, 6.45) is 2.87. The van der Waals surface area contributed by atoms with E-state index in [0.29, 0.717) is 0 Å². The van der Waals surface area contributed by atoms with E-state index in [2.05, 4.69) is 59.0 Å². The molecule has 27 heavy (non-hydrogen) atoms. The first-order valence-corrected chi connectivity index (χ1v) is 9.18. The molecule has 0 spiro atoms. The van der Waals surface area contributed by atoms with Crippen LogP contribution < -0.4 is 14.8 Å². The minimum atomic E-state index is -0.221. The van der Waals surface area contributed by atoms with Gasteiger partial charge in [-0.25, -0.2) is 4.98 Å². The van der Waals surface area contributed by atoms with Gasteiger partial charge in [0.25, 0.3) is 0 Å². The number of aryl methyl sites for hydroxylation is 1. The summed E-state index contributed by atoms with van der Waals surface area (Å²) >= 11 is 0. The lowest BCUT2D eigenvalue weighted by Gasteiger charge is -2.29. The van der Waals surface area contributed by atoms with Gasteiger partial charge < -0.3 is 19.4 Å². The van der Waals surface area contributed by atoms with Gasteiger partial charge in [-0.05, 0) is 43.5 Å². The topological polar surface area (TPSA) is 48.3 Å². The molecule has 2 aromatic carbocycles. The highest BCUT2D eigenvalue weighted by Crippen LogP contribution is 2.40. The summed E-state index contributed by atoms with van der Waals surface area (Å²) in [5.41, 5.74) is 4.51. The summed E-state index contributed by atoms with van der Waals surface area (Å²) in [6, 6.07) is 14.6. The number of hydrogen-bond acceptors (Lipinski definition) is 4. The van der Waals surface area contributed by atoms with Crippen LogP contribution in [0.2, 0.25) is 0 Å². The molecule has 1 N–H and O–H groups in total. The van der Waals surface area contributed by atoms with Crippen molar-refractivity contribution >= 4 is 5.95 Å². The molecule has 0 amide bonds. The van der Waals surface area contributed by atoms with Crippen molar-refractivity contribution in [2.45, 2.75) is 32.4 Å². The molecule has 0 unspecified atom stereocenters. The van der Waals surface area contributed by atoms with Crippen molar-refractivity contribution in [3.63, 3.8) is 0 Å². The molecular formula is C22H25N3O2. The van der Waals surface area contributed by atoms with Crippen molar-refractivity contribution in [3.05, 3.63) is 59.8 Å². The van der Waals surface area contributed by atoms with E-state index in [1.807, 2.05) is 18.3 Å². The molecule has 0 fully saturated rings. The molecule has 0 saturated heterocycles. The second-order valence-electron chi connectivity index (χ2n) is 7.35. The number of rotatable bonds is 5. The fourth-order valence-corrected chi connectivity index (χ4v) is 3.72. The van der Waals surface area contributed by atoms with E-state index >= 15 is 0 Å². The molecule has 0 saturated carbocycles. The molecule has 1 aliphatic rings. The monoisotopic (exact) mass is 363 g/mol. The zero-order valence-corrected chi connectivity index (χ0v) is 16.2. The minimum absolute atomic E-state index is 0.221. The Hall–Kier alpha value is -2.95. The third kappa shape index (κ3) is 3.03. The quantitative estimate of drug-likeness (QED) is 0.726. The number of hydrogen-bond donors (Lipinski definition) is 1. The number of methoxy groups -OCH3 is 2. The minimum Gasteiger partial charge on any atom is -0.493 e. The molecule has 5 heteroatoms. The molecule has 0 atom stereocenters. The van der Waals surface area contributed by atoms with Crippen LogP contribution >= 0.6 is 0 Å². The summed E-state index contributed by atoms with van der Waals surface area (Å²) in [5, 5.41) is 3.62. The molecule has 1 aromatic heterocycles. The van der Waals surface area contributed by atoms with Gasteiger partial charge in [-0.2, -0.15) is 0 Å². The molecule has 2 heterocycles. The standard InChI is InChI=1S/C22H25N3O2/c1-22(2,16-8-6-5-7-9-16)24-21-23-14-18-17-13-20(27-4)19(26-3)12-15(17)10-11-25(18)21/h5-9,12-14H,10-11H2,1-4H3,(H,23,24). The third-order valence-electron chi connectivity index (χ3n) is 5.27. The Labute approximate surface area is 160 Å². The average molecular weight is 363 g/mol. The summed E-state index contributed by atoms with van der Waals surface area (Å²) in [5.74, 6) is 2.40. The maximum absolute atomic E-state index is 5.49. The number of imidazole rings is 1. The van der Waals surface area contributed by atoms with Crippen LogP contribution in [0.3, 0.4) is 0 Å². The highest BCUT2D eigenvalue weighted by atomic mass is 16.5. The first-order chi connectivity index (χ1) is 13.0. The maximum Gasteiger partial charge on any atom is 0.203 e. The molecule has 4 rings (SSSR count). The van der Waals surface area contributed by atoms with Crippen molar-refractivity contribution in [2.24, 2.45) is 0 Å². The second kappa shape index (κ2) is 6.65. The normalized spacial score (nSPS) is 12.9. The Bertz CT molecular complexity index is 961. The van der Waals surface area contributed by atoms with Crippen LogP contribution in [0.5, 0.6) is 11.5 Å². The van der Waals surface area contributed by atoms with E-state index in [4.69, 9.17) is 9.47 Å². The van der Waals surface area contributed by atoms with Crippen molar-refractivity contribution < 1.29 is 9.47 Å². The van der Waals surface area contributed by atoms with Crippen LogP contribution in [0.4, 0.5) is 5.95 Å². The largest absolute Gasteiger partial charge is 0.493 e. The zero-order valence-electron chi connectivity index (χ0n) is 16.2. The van der Waals surface area contributed by atoms with Gasteiger partial charge in [0, 0.05) is 12.1 Å². The number of ether oxygens (including phenoxy) is 2. The Morgan fingerprint density at radius 1 is 1.04 bits per heavy atom. The second-order valence-corrected chi connectivity index (χ2v) is 7.35. The van der Waals surface area contributed by atoms with Gasteiger partial charge in [0.2, 0.25) is 5.95 Å². The number of anilines is 1. The molecule has 0 bridgehead atoms. The van der Waals surface area contributed by atoms with Crippen LogP contribution in [0.1, 0.15) is 25.0 Å². The first kappa shape index (κ1) is 17.5. The predicted molar refractivity (Wildman–Crippen MR) is 108 cm³/mol. The van der Waals surface area contributed by atoms with E-state index in [1.54, 1.807) is 14.2 Å². The zero-order chi connectivity index (χ0) is 19.0. The van der Waals surface area contributed by atoms with Crippen LogP contribution in [-0.2, 0) is 18.5 Å². The van der Waals surface area contributed by atoms with Gasteiger partial charge in [0.1, 0.15) is 0 Å². The number of benzene rings is 2. The highest BCUT2D eigenvalue weighted by molar-refractivity contribution is 5.71. The van der Waals surface area contributed by atoms with Gasteiger partial charge in [0.05, 0.1) is 31.6 Å². The lowest BCUT2D eigenvalue weighted by molar-refractivity contribution is 0.354.